The summed E-state index contributed by atoms with van der Waals surface area (Å²) in [6.45, 7) is -2.33. The zero-order valence-corrected chi connectivity index (χ0v) is 11.5. The van der Waals surface area contributed by atoms with Crippen LogP contribution in [0.4, 0.5) is 0 Å². The van der Waals surface area contributed by atoms with Gasteiger partial charge in [-0.25, -0.2) is 9.13 Å². The molecule has 3 atom stereocenters. The number of aliphatic hydroxyl groups excluding tert-OH is 3. The van der Waals surface area contributed by atoms with Crippen LogP contribution in [0.25, 0.3) is 0 Å². The summed E-state index contributed by atoms with van der Waals surface area (Å²) in [5.41, 5.74) is 0. The van der Waals surface area contributed by atoms with Gasteiger partial charge in [-0.05, 0) is 0 Å². The maximum absolute atomic E-state index is 11.2. The number of hydrogen-bond donors (Lipinski definition) is 7. The third-order valence-corrected chi connectivity index (χ3v) is 2.79. The van der Waals surface area contributed by atoms with Gasteiger partial charge in [0.1, 0.15) is 24.9 Å². The SMILES string of the molecule is O=C(COP(=O)(O)O)[C@@H](O)[C@H](O)C(O)COP(=O)(O)O. The van der Waals surface area contributed by atoms with Crippen molar-refractivity contribution in [3.63, 3.8) is 0 Å². The largest absolute Gasteiger partial charge is 0.470 e. The van der Waals surface area contributed by atoms with Crippen molar-refractivity contribution in [2.45, 2.75) is 18.3 Å². The van der Waals surface area contributed by atoms with Crippen molar-refractivity contribution >= 4 is 21.4 Å². The number of rotatable bonds is 9. The molecule has 0 rings (SSSR count). The first-order chi connectivity index (χ1) is 8.83. The van der Waals surface area contributed by atoms with E-state index in [-0.39, 0.29) is 0 Å². The van der Waals surface area contributed by atoms with E-state index in [0.29, 0.717) is 0 Å². The molecule has 0 spiro atoms. The van der Waals surface area contributed by atoms with Crippen LogP contribution in [0.1, 0.15) is 0 Å². The Balaban J connectivity index is 4.38. The van der Waals surface area contributed by atoms with Crippen LogP contribution in [-0.4, -0.2) is 72.2 Å². The minimum atomic E-state index is -4.95. The standard InChI is InChI=1S/C6H14O12P2/c7-3(1-17-19(11,12)13)5(9)6(10)4(8)2-18-20(14,15)16/h3,5-7,9-10H,1-2H2,(H2,11,12,13)(H2,14,15,16)/t3?,5-,6-/m1/s1. The van der Waals surface area contributed by atoms with Gasteiger partial charge in [0.25, 0.3) is 0 Å². The molecule has 0 saturated heterocycles. The van der Waals surface area contributed by atoms with Gasteiger partial charge in [0.05, 0.1) is 6.61 Å². The molecule has 0 aliphatic carbocycles. The second-order valence-electron chi connectivity index (χ2n) is 3.52. The normalized spacial score (nSPS) is 17.6. The monoisotopic (exact) mass is 340 g/mol. The van der Waals surface area contributed by atoms with Crippen LogP contribution >= 0.6 is 15.6 Å². The second kappa shape index (κ2) is 7.69. The van der Waals surface area contributed by atoms with Gasteiger partial charge in [0.15, 0.2) is 5.78 Å². The van der Waals surface area contributed by atoms with Gasteiger partial charge < -0.3 is 34.9 Å². The zero-order chi connectivity index (χ0) is 16.1. The number of phosphoric ester groups is 2. The molecule has 0 aliphatic heterocycles. The van der Waals surface area contributed by atoms with Crippen LogP contribution in [0.3, 0.4) is 0 Å². The van der Waals surface area contributed by atoms with Crippen molar-refractivity contribution in [1.82, 2.24) is 0 Å². The summed E-state index contributed by atoms with van der Waals surface area (Å²) in [4.78, 5) is 44.4. The maximum Gasteiger partial charge on any atom is 0.470 e. The van der Waals surface area contributed by atoms with Gasteiger partial charge in [0, 0.05) is 0 Å². The van der Waals surface area contributed by atoms with Gasteiger partial charge in [-0.15, -0.1) is 0 Å². The lowest BCUT2D eigenvalue weighted by atomic mass is 10.1. The quantitative estimate of drug-likeness (QED) is 0.207. The number of Topliss-reactive ketones (excluding diaryl/α,β-unsaturated/α-hetero) is 1. The molecule has 14 heteroatoms. The van der Waals surface area contributed by atoms with Gasteiger partial charge >= 0.3 is 15.6 Å². The predicted molar refractivity (Wildman–Crippen MR) is 59.0 cm³/mol. The Morgan fingerprint density at radius 3 is 1.80 bits per heavy atom. The Kier molecular flexibility index (Phi) is 7.60. The lowest BCUT2D eigenvalue weighted by Gasteiger charge is -2.22. The highest BCUT2D eigenvalue weighted by Gasteiger charge is 2.32. The number of aliphatic hydroxyl groups is 3. The summed E-state index contributed by atoms with van der Waals surface area (Å²) in [7, 11) is -9.87. The average Bonchev–Trinajstić information content (AvgIpc) is 2.29. The molecule has 0 aromatic carbocycles. The van der Waals surface area contributed by atoms with Crippen molar-refractivity contribution in [3.8, 4) is 0 Å². The van der Waals surface area contributed by atoms with E-state index in [2.05, 4.69) is 9.05 Å². The first-order valence-electron chi connectivity index (χ1n) is 4.80. The van der Waals surface area contributed by atoms with Gasteiger partial charge in [-0.1, -0.05) is 0 Å². The van der Waals surface area contributed by atoms with Crippen molar-refractivity contribution in [2.75, 3.05) is 13.2 Å². The summed E-state index contributed by atoms with van der Waals surface area (Å²) >= 11 is 0. The lowest BCUT2D eigenvalue weighted by Crippen LogP contribution is -2.45. The van der Waals surface area contributed by atoms with Crippen molar-refractivity contribution in [2.24, 2.45) is 0 Å². The van der Waals surface area contributed by atoms with Crippen LogP contribution < -0.4 is 0 Å². The van der Waals surface area contributed by atoms with Crippen LogP contribution in [0.15, 0.2) is 0 Å². The molecule has 0 amide bonds. The molecule has 0 aromatic heterocycles. The number of hydrogen-bond acceptors (Lipinski definition) is 8. The fourth-order valence-corrected chi connectivity index (χ4v) is 1.55. The zero-order valence-electron chi connectivity index (χ0n) is 9.71. The fraction of sp³-hybridized carbons (Fsp3) is 0.833. The van der Waals surface area contributed by atoms with Crippen LogP contribution in [-0.2, 0) is 23.0 Å². The van der Waals surface area contributed by atoms with E-state index in [1.807, 2.05) is 0 Å². The van der Waals surface area contributed by atoms with Gasteiger partial charge in [-0.3, -0.25) is 13.8 Å². The predicted octanol–water partition coefficient (Wildman–Crippen LogP) is -3.14. The number of carbonyl (C=O) groups is 1. The van der Waals surface area contributed by atoms with E-state index in [0.717, 1.165) is 0 Å². The average molecular weight is 340 g/mol. The summed E-state index contributed by atoms with van der Waals surface area (Å²) in [6.07, 6.45) is -6.53. The van der Waals surface area contributed by atoms with Gasteiger partial charge in [-0.2, -0.15) is 0 Å². The highest BCUT2D eigenvalue weighted by molar-refractivity contribution is 7.46. The topological polar surface area (TPSA) is 211 Å². The smallest absolute Gasteiger partial charge is 0.388 e. The minimum Gasteiger partial charge on any atom is -0.388 e. The van der Waals surface area contributed by atoms with E-state index < -0.39 is 53.0 Å². The molecule has 0 fully saturated rings. The van der Waals surface area contributed by atoms with Crippen molar-refractivity contribution in [1.29, 1.82) is 0 Å². The highest BCUT2D eigenvalue weighted by Crippen LogP contribution is 2.36. The fourth-order valence-electron chi connectivity index (χ4n) is 0.906. The molecule has 20 heavy (non-hydrogen) atoms. The molecule has 120 valence electrons. The van der Waals surface area contributed by atoms with E-state index in [9.17, 15) is 29.2 Å². The summed E-state index contributed by atoms with van der Waals surface area (Å²) in [6, 6.07) is 0. The molecule has 0 saturated carbocycles. The number of phosphoric acid groups is 2. The highest BCUT2D eigenvalue weighted by atomic mass is 31.2. The third-order valence-electron chi connectivity index (χ3n) is 1.84. The number of ketones is 1. The molecule has 0 bridgehead atoms. The van der Waals surface area contributed by atoms with E-state index in [4.69, 9.17) is 19.6 Å². The number of carbonyl (C=O) groups excluding carboxylic acids is 1. The molecule has 0 aromatic rings. The van der Waals surface area contributed by atoms with E-state index >= 15 is 0 Å². The first kappa shape index (κ1) is 19.8. The summed E-state index contributed by atoms with van der Waals surface area (Å²) < 4.78 is 28.2. The molecule has 7 N–H and O–H groups in total. The van der Waals surface area contributed by atoms with Crippen molar-refractivity contribution < 1.29 is 57.9 Å². The summed E-state index contributed by atoms with van der Waals surface area (Å²) in [5.74, 6) is -1.36. The Bertz CT molecular complexity index is 410. The Labute approximate surface area is 112 Å². The first-order valence-corrected chi connectivity index (χ1v) is 7.86. The minimum absolute atomic E-state index is 1.09. The van der Waals surface area contributed by atoms with E-state index in [1.54, 1.807) is 0 Å². The molecular weight excluding hydrogens is 326 g/mol. The van der Waals surface area contributed by atoms with E-state index in [1.165, 1.54) is 0 Å². The molecular formula is C6H14O12P2. The molecule has 0 aliphatic rings. The Morgan fingerprint density at radius 1 is 0.950 bits per heavy atom. The molecule has 12 nitrogen and oxygen atoms in total. The second-order valence-corrected chi connectivity index (χ2v) is 6.00. The van der Waals surface area contributed by atoms with Crippen LogP contribution in [0, 0.1) is 0 Å². The molecule has 0 heterocycles. The van der Waals surface area contributed by atoms with Gasteiger partial charge in [0.2, 0.25) is 0 Å². The maximum atomic E-state index is 11.2. The van der Waals surface area contributed by atoms with Crippen LogP contribution in [0.2, 0.25) is 0 Å². The summed E-state index contributed by atoms with van der Waals surface area (Å²) in [5, 5.41) is 27.7. The lowest BCUT2D eigenvalue weighted by molar-refractivity contribution is -0.142. The van der Waals surface area contributed by atoms with Crippen LogP contribution in [0.5, 0.6) is 0 Å². The molecule has 0 radical (unpaired) electrons. The Hall–Kier alpha value is -0.230. The third kappa shape index (κ3) is 8.84. The van der Waals surface area contributed by atoms with Crippen molar-refractivity contribution in [3.05, 3.63) is 0 Å². The Morgan fingerprint density at radius 2 is 1.40 bits per heavy atom. The molecule has 1 unspecified atom stereocenters.